The van der Waals surface area contributed by atoms with Crippen molar-refractivity contribution in [2.24, 2.45) is 0 Å². The molecular formula is C9H12N4. The van der Waals surface area contributed by atoms with Gasteiger partial charge in [-0.3, -0.25) is 10.4 Å². The highest BCUT2D eigenvalue weighted by atomic mass is 15.9. The fourth-order valence-electron chi connectivity index (χ4n) is 1.12. The molecule has 0 aliphatic carbocycles. The minimum absolute atomic E-state index is 1.05. The molecule has 2 N–H and O–H groups in total. The lowest BCUT2D eigenvalue weighted by atomic mass is 10.3. The van der Waals surface area contributed by atoms with Crippen LogP contribution in [0.5, 0.6) is 0 Å². The van der Waals surface area contributed by atoms with Crippen molar-refractivity contribution in [1.82, 2.24) is 15.7 Å². The molecule has 0 spiro atoms. The Morgan fingerprint density at radius 1 is 1.15 bits per heavy atom. The molecule has 0 radical (unpaired) electrons. The molecular weight excluding hydrogens is 164 g/mol. The lowest BCUT2D eigenvalue weighted by Crippen LogP contribution is -2.40. The van der Waals surface area contributed by atoms with Crippen molar-refractivity contribution >= 4 is 5.69 Å². The number of nitrogens with one attached hydrogen (secondary N) is 2. The molecule has 4 heteroatoms. The fraction of sp³-hybridized carbons (Fsp3) is 0.111. The van der Waals surface area contributed by atoms with Crippen LogP contribution >= 0.6 is 0 Å². The van der Waals surface area contributed by atoms with E-state index in [0.29, 0.717) is 0 Å². The summed E-state index contributed by atoms with van der Waals surface area (Å²) in [4.78, 5) is 0. The summed E-state index contributed by atoms with van der Waals surface area (Å²) in [5.41, 5.74) is 7.26. The SMILES string of the molecule is CN1C=CN(Nc2ccccc2)N1. The molecule has 1 aromatic rings. The van der Waals surface area contributed by atoms with Crippen molar-refractivity contribution in [2.75, 3.05) is 12.5 Å². The van der Waals surface area contributed by atoms with Gasteiger partial charge >= 0.3 is 0 Å². The number of benzene rings is 1. The van der Waals surface area contributed by atoms with Gasteiger partial charge in [-0.2, -0.15) is 0 Å². The number of hydrazine groups is 3. The Bertz CT molecular complexity index is 296. The fourth-order valence-corrected chi connectivity index (χ4v) is 1.12. The van der Waals surface area contributed by atoms with Crippen molar-refractivity contribution in [1.29, 1.82) is 0 Å². The number of para-hydroxylation sites is 1. The van der Waals surface area contributed by atoms with E-state index in [0.717, 1.165) is 5.69 Å². The van der Waals surface area contributed by atoms with E-state index < -0.39 is 0 Å². The molecule has 4 nitrogen and oxygen atoms in total. The highest BCUT2D eigenvalue weighted by molar-refractivity contribution is 5.41. The standard InChI is InChI=1S/C9H12N4/c1-12-7-8-13(11-12)10-9-5-3-2-4-6-9/h2-8,10-11H,1H3. The number of hydrogen-bond acceptors (Lipinski definition) is 4. The van der Waals surface area contributed by atoms with Crippen LogP contribution in [0, 0.1) is 0 Å². The van der Waals surface area contributed by atoms with Crippen LogP contribution in [0.3, 0.4) is 0 Å². The summed E-state index contributed by atoms with van der Waals surface area (Å²) in [7, 11) is 1.93. The average molecular weight is 176 g/mol. The van der Waals surface area contributed by atoms with Gasteiger partial charge in [0.1, 0.15) is 0 Å². The quantitative estimate of drug-likeness (QED) is 0.707. The van der Waals surface area contributed by atoms with Crippen LogP contribution in [-0.2, 0) is 0 Å². The van der Waals surface area contributed by atoms with Crippen molar-refractivity contribution in [3.8, 4) is 0 Å². The second kappa shape index (κ2) is 3.37. The maximum Gasteiger partial charge on any atom is 0.0588 e. The summed E-state index contributed by atoms with van der Waals surface area (Å²) in [5, 5.41) is 3.64. The minimum Gasteiger partial charge on any atom is -0.298 e. The Morgan fingerprint density at radius 2 is 1.92 bits per heavy atom. The minimum atomic E-state index is 1.05. The van der Waals surface area contributed by atoms with Gasteiger partial charge < -0.3 is 0 Å². The summed E-state index contributed by atoms with van der Waals surface area (Å²) in [6.07, 6.45) is 3.84. The van der Waals surface area contributed by atoms with E-state index in [1.807, 2.05) is 54.8 Å². The van der Waals surface area contributed by atoms with E-state index in [4.69, 9.17) is 0 Å². The molecule has 2 rings (SSSR count). The molecule has 1 aliphatic rings. The average Bonchev–Trinajstić information content (AvgIpc) is 2.53. The summed E-state index contributed by atoms with van der Waals surface area (Å²) in [5.74, 6) is 0. The zero-order chi connectivity index (χ0) is 9.10. The first-order valence-corrected chi connectivity index (χ1v) is 4.13. The van der Waals surface area contributed by atoms with Crippen LogP contribution < -0.4 is 11.0 Å². The Morgan fingerprint density at radius 3 is 2.54 bits per heavy atom. The smallest absolute Gasteiger partial charge is 0.0588 e. The Hall–Kier alpha value is -1.68. The first-order valence-electron chi connectivity index (χ1n) is 4.13. The van der Waals surface area contributed by atoms with Crippen molar-refractivity contribution < 1.29 is 0 Å². The molecule has 0 atom stereocenters. The molecule has 13 heavy (non-hydrogen) atoms. The van der Waals surface area contributed by atoms with Crippen LogP contribution in [0.1, 0.15) is 0 Å². The molecule has 0 bridgehead atoms. The summed E-state index contributed by atoms with van der Waals surface area (Å²) >= 11 is 0. The van der Waals surface area contributed by atoms with Gasteiger partial charge in [0.15, 0.2) is 0 Å². The second-order valence-electron chi connectivity index (χ2n) is 2.86. The largest absolute Gasteiger partial charge is 0.298 e. The number of nitrogens with zero attached hydrogens (tertiary/aromatic N) is 2. The molecule has 0 fully saturated rings. The molecule has 68 valence electrons. The summed E-state index contributed by atoms with van der Waals surface area (Å²) < 4.78 is 0. The van der Waals surface area contributed by atoms with Crippen LogP contribution in [0.25, 0.3) is 0 Å². The van der Waals surface area contributed by atoms with Crippen molar-refractivity contribution in [2.45, 2.75) is 0 Å². The van der Waals surface area contributed by atoms with Gasteiger partial charge in [0.25, 0.3) is 0 Å². The van der Waals surface area contributed by atoms with Crippen LogP contribution in [0.15, 0.2) is 42.7 Å². The molecule has 1 heterocycles. The first kappa shape index (κ1) is 7.94. The van der Waals surface area contributed by atoms with Gasteiger partial charge in [0.2, 0.25) is 0 Å². The third-order valence-electron chi connectivity index (χ3n) is 1.73. The van der Waals surface area contributed by atoms with E-state index in [9.17, 15) is 0 Å². The van der Waals surface area contributed by atoms with Gasteiger partial charge in [-0.1, -0.05) is 18.2 Å². The maximum atomic E-state index is 3.16. The van der Waals surface area contributed by atoms with E-state index >= 15 is 0 Å². The van der Waals surface area contributed by atoms with E-state index in [1.165, 1.54) is 0 Å². The Labute approximate surface area is 77.4 Å². The normalized spacial score (nSPS) is 15.2. The van der Waals surface area contributed by atoms with E-state index in [2.05, 4.69) is 11.0 Å². The lowest BCUT2D eigenvalue weighted by Gasteiger charge is -2.20. The number of hydrogen-bond donors (Lipinski definition) is 2. The molecule has 0 saturated carbocycles. The first-order chi connectivity index (χ1) is 6.34. The Kier molecular flexibility index (Phi) is 2.06. The number of anilines is 1. The van der Waals surface area contributed by atoms with E-state index in [1.54, 1.807) is 5.12 Å². The highest BCUT2D eigenvalue weighted by Gasteiger charge is 2.05. The monoisotopic (exact) mass is 176 g/mol. The molecule has 0 unspecified atom stereocenters. The molecule has 1 aromatic carbocycles. The molecule has 1 aliphatic heterocycles. The number of rotatable bonds is 2. The van der Waals surface area contributed by atoms with Gasteiger partial charge in [-0.15, -0.1) is 5.53 Å². The summed E-state index contributed by atoms with van der Waals surface area (Å²) in [6, 6.07) is 9.99. The zero-order valence-corrected chi connectivity index (χ0v) is 7.44. The maximum absolute atomic E-state index is 3.16. The van der Waals surface area contributed by atoms with Crippen molar-refractivity contribution in [3.05, 3.63) is 42.7 Å². The molecule has 0 aromatic heterocycles. The van der Waals surface area contributed by atoms with Gasteiger partial charge in [0, 0.05) is 13.2 Å². The van der Waals surface area contributed by atoms with Gasteiger partial charge in [-0.05, 0) is 12.1 Å². The second-order valence-corrected chi connectivity index (χ2v) is 2.86. The lowest BCUT2D eigenvalue weighted by molar-refractivity contribution is 0.190. The third kappa shape index (κ3) is 1.91. The van der Waals surface area contributed by atoms with Crippen LogP contribution in [-0.4, -0.2) is 17.2 Å². The molecule has 0 saturated heterocycles. The Balaban J connectivity index is 1.96. The van der Waals surface area contributed by atoms with E-state index in [-0.39, 0.29) is 0 Å². The third-order valence-corrected chi connectivity index (χ3v) is 1.73. The zero-order valence-electron chi connectivity index (χ0n) is 7.44. The summed E-state index contributed by atoms with van der Waals surface area (Å²) in [6.45, 7) is 0. The molecule has 0 amide bonds. The predicted octanol–water partition coefficient (Wildman–Crippen LogP) is 1.15. The van der Waals surface area contributed by atoms with Crippen LogP contribution in [0.2, 0.25) is 0 Å². The van der Waals surface area contributed by atoms with Crippen LogP contribution in [0.4, 0.5) is 5.69 Å². The highest BCUT2D eigenvalue weighted by Crippen LogP contribution is 2.07. The van der Waals surface area contributed by atoms with Gasteiger partial charge in [0.05, 0.1) is 11.9 Å². The predicted molar refractivity (Wildman–Crippen MR) is 51.9 cm³/mol. The topological polar surface area (TPSA) is 30.5 Å². The van der Waals surface area contributed by atoms with Crippen molar-refractivity contribution in [3.63, 3.8) is 0 Å². The van der Waals surface area contributed by atoms with Gasteiger partial charge in [-0.25, -0.2) is 5.12 Å².